The molecule has 1 aromatic rings. The highest BCUT2D eigenvalue weighted by atomic mass is 16.5. The van der Waals surface area contributed by atoms with Gasteiger partial charge in [0, 0.05) is 26.1 Å². The van der Waals surface area contributed by atoms with Crippen LogP contribution >= 0.6 is 0 Å². The number of carboxylic acids is 1. The fourth-order valence-corrected chi connectivity index (χ4v) is 3.36. The minimum atomic E-state index is -0.790. The molecule has 0 aliphatic carbocycles. The van der Waals surface area contributed by atoms with Crippen LogP contribution in [0.1, 0.15) is 38.7 Å². The van der Waals surface area contributed by atoms with Crippen molar-refractivity contribution in [1.29, 1.82) is 0 Å². The zero-order valence-electron chi connectivity index (χ0n) is 15.2. The summed E-state index contributed by atoms with van der Waals surface area (Å²) in [5, 5.41) is 9.54. The van der Waals surface area contributed by atoms with E-state index in [4.69, 9.17) is 4.74 Å². The lowest BCUT2D eigenvalue weighted by Gasteiger charge is -2.28. The molecule has 2 rings (SSSR count). The molecule has 5 nitrogen and oxygen atoms in total. The average molecular weight is 347 g/mol. The first kappa shape index (κ1) is 19.4. The lowest BCUT2D eigenvalue weighted by molar-refractivity contribution is -0.151. The van der Waals surface area contributed by atoms with E-state index < -0.39 is 11.4 Å². The minimum absolute atomic E-state index is 0.0177. The van der Waals surface area contributed by atoms with E-state index in [9.17, 15) is 14.7 Å². The van der Waals surface area contributed by atoms with Gasteiger partial charge in [-0.3, -0.25) is 9.59 Å². The topological polar surface area (TPSA) is 66.8 Å². The van der Waals surface area contributed by atoms with Gasteiger partial charge in [-0.15, -0.1) is 0 Å². The molecule has 1 N–H and O–H groups in total. The number of aliphatic carboxylic acids is 1. The molecule has 1 aromatic carbocycles. The maximum atomic E-state index is 12.3. The van der Waals surface area contributed by atoms with Gasteiger partial charge in [-0.1, -0.05) is 44.2 Å². The predicted molar refractivity (Wildman–Crippen MR) is 96.3 cm³/mol. The van der Waals surface area contributed by atoms with E-state index >= 15 is 0 Å². The number of ether oxygens (including phenoxy) is 1. The van der Waals surface area contributed by atoms with E-state index in [0.29, 0.717) is 45.6 Å². The van der Waals surface area contributed by atoms with Gasteiger partial charge < -0.3 is 14.7 Å². The second-order valence-corrected chi connectivity index (χ2v) is 7.13. The van der Waals surface area contributed by atoms with Gasteiger partial charge in [0.15, 0.2) is 0 Å². The van der Waals surface area contributed by atoms with Crippen molar-refractivity contribution in [2.45, 2.75) is 39.5 Å². The summed E-state index contributed by atoms with van der Waals surface area (Å²) in [5.74, 6) is -0.735. The van der Waals surface area contributed by atoms with Gasteiger partial charge in [-0.05, 0) is 30.7 Å². The Morgan fingerprint density at radius 1 is 1.24 bits per heavy atom. The summed E-state index contributed by atoms with van der Waals surface area (Å²) in [5.41, 5.74) is 0.455. The van der Waals surface area contributed by atoms with Crippen molar-refractivity contribution >= 4 is 11.9 Å². The molecule has 0 bridgehead atoms. The molecule has 1 aliphatic heterocycles. The number of rotatable bonds is 9. The van der Waals surface area contributed by atoms with Crippen LogP contribution in [0.25, 0.3) is 0 Å². The highest BCUT2D eigenvalue weighted by molar-refractivity contribution is 5.80. The first-order chi connectivity index (χ1) is 12.0. The van der Waals surface area contributed by atoms with Crippen molar-refractivity contribution in [3.63, 3.8) is 0 Å². The molecular weight excluding hydrogens is 318 g/mol. The van der Waals surface area contributed by atoms with Gasteiger partial charge in [0.1, 0.15) is 0 Å². The van der Waals surface area contributed by atoms with Crippen LogP contribution in [0.5, 0.6) is 0 Å². The molecule has 0 radical (unpaired) electrons. The lowest BCUT2D eigenvalue weighted by atomic mass is 9.76. The molecular formula is C20H29NO4. The summed E-state index contributed by atoms with van der Waals surface area (Å²) < 4.78 is 5.60. The van der Waals surface area contributed by atoms with E-state index in [1.165, 1.54) is 5.56 Å². The molecule has 5 heteroatoms. The Labute approximate surface area is 150 Å². The number of carbonyl (C=O) groups excluding carboxylic acids is 1. The first-order valence-electron chi connectivity index (χ1n) is 9.08. The Hall–Kier alpha value is -1.88. The number of hydrogen-bond acceptors (Lipinski definition) is 3. The van der Waals surface area contributed by atoms with E-state index in [0.717, 1.165) is 6.42 Å². The van der Waals surface area contributed by atoms with Crippen molar-refractivity contribution in [1.82, 2.24) is 4.90 Å². The average Bonchev–Trinajstić information content (AvgIpc) is 3.06. The molecule has 0 spiro atoms. The van der Waals surface area contributed by atoms with Crippen molar-refractivity contribution in [2.24, 2.45) is 11.3 Å². The second-order valence-electron chi connectivity index (χ2n) is 7.13. The smallest absolute Gasteiger partial charge is 0.311 e. The number of nitrogens with zero attached hydrogens (tertiary/aromatic N) is 1. The molecule has 138 valence electrons. The zero-order chi connectivity index (χ0) is 18.3. The maximum absolute atomic E-state index is 12.3. The van der Waals surface area contributed by atoms with Crippen LogP contribution in [0, 0.1) is 11.3 Å². The van der Waals surface area contributed by atoms with Gasteiger partial charge >= 0.3 is 5.97 Å². The molecule has 1 heterocycles. The highest BCUT2D eigenvalue weighted by Gasteiger charge is 2.48. The quantitative estimate of drug-likeness (QED) is 0.698. The largest absolute Gasteiger partial charge is 0.481 e. The Morgan fingerprint density at radius 2 is 1.96 bits per heavy atom. The molecule has 1 unspecified atom stereocenters. The van der Waals surface area contributed by atoms with Crippen LogP contribution in [0.4, 0.5) is 0 Å². The first-order valence-corrected chi connectivity index (χ1v) is 9.08. The monoisotopic (exact) mass is 347 g/mol. The van der Waals surface area contributed by atoms with E-state index in [1.807, 2.05) is 32.0 Å². The van der Waals surface area contributed by atoms with Gasteiger partial charge in [0.25, 0.3) is 0 Å². The third kappa shape index (κ3) is 5.05. The zero-order valence-corrected chi connectivity index (χ0v) is 15.2. The third-order valence-electron chi connectivity index (χ3n) is 5.24. The molecule has 1 atom stereocenters. The molecule has 0 aromatic heterocycles. The number of benzene rings is 1. The van der Waals surface area contributed by atoms with Crippen LogP contribution in [0.15, 0.2) is 30.3 Å². The van der Waals surface area contributed by atoms with Gasteiger partial charge in [-0.2, -0.15) is 0 Å². The minimum Gasteiger partial charge on any atom is -0.481 e. The summed E-state index contributed by atoms with van der Waals surface area (Å²) in [7, 11) is 0. The molecule has 1 saturated heterocycles. The summed E-state index contributed by atoms with van der Waals surface area (Å²) in [4.78, 5) is 25.6. The maximum Gasteiger partial charge on any atom is 0.311 e. The summed E-state index contributed by atoms with van der Waals surface area (Å²) in [6.45, 7) is 5.91. The summed E-state index contributed by atoms with van der Waals surface area (Å²) in [6, 6.07) is 10.2. The highest BCUT2D eigenvalue weighted by Crippen LogP contribution is 2.38. The van der Waals surface area contributed by atoms with Crippen molar-refractivity contribution in [2.75, 3.05) is 26.3 Å². The Balaban J connectivity index is 1.65. The predicted octanol–water partition coefficient (Wildman–Crippen LogP) is 2.99. The Bertz CT molecular complexity index is 572. The van der Waals surface area contributed by atoms with Crippen LogP contribution < -0.4 is 0 Å². The second kappa shape index (κ2) is 8.99. The molecule has 0 saturated carbocycles. The Kier molecular flexibility index (Phi) is 7.00. The van der Waals surface area contributed by atoms with Crippen molar-refractivity contribution < 1.29 is 19.4 Å². The van der Waals surface area contributed by atoms with Gasteiger partial charge in [-0.25, -0.2) is 0 Å². The SMILES string of the molecule is CC(C)C1(C(=O)O)CCN(C(=O)CCCOCCc2ccccc2)C1. The van der Waals surface area contributed by atoms with Crippen LogP contribution in [0.2, 0.25) is 0 Å². The van der Waals surface area contributed by atoms with Crippen LogP contribution in [0.3, 0.4) is 0 Å². The van der Waals surface area contributed by atoms with Crippen molar-refractivity contribution in [3.05, 3.63) is 35.9 Å². The van der Waals surface area contributed by atoms with Gasteiger partial charge in [0.05, 0.1) is 12.0 Å². The molecule has 25 heavy (non-hydrogen) atoms. The summed E-state index contributed by atoms with van der Waals surface area (Å²) >= 11 is 0. The molecule has 1 aliphatic rings. The van der Waals surface area contributed by atoms with Gasteiger partial charge in [0.2, 0.25) is 5.91 Å². The summed E-state index contributed by atoms with van der Waals surface area (Å²) in [6.07, 6.45) is 2.50. The Morgan fingerprint density at radius 3 is 2.56 bits per heavy atom. The number of likely N-dealkylation sites (tertiary alicyclic amines) is 1. The fourth-order valence-electron chi connectivity index (χ4n) is 3.36. The molecule has 1 fully saturated rings. The molecule has 1 amide bonds. The third-order valence-corrected chi connectivity index (χ3v) is 5.24. The lowest BCUT2D eigenvalue weighted by Crippen LogP contribution is -2.40. The van der Waals surface area contributed by atoms with Crippen LogP contribution in [-0.4, -0.2) is 48.2 Å². The number of hydrogen-bond donors (Lipinski definition) is 1. The van der Waals surface area contributed by atoms with E-state index in [-0.39, 0.29) is 11.8 Å². The standard InChI is InChI=1S/C20H29NO4/c1-16(2)20(19(23)24)11-12-21(15-20)18(22)9-6-13-25-14-10-17-7-4-3-5-8-17/h3-5,7-8,16H,6,9-15H2,1-2H3,(H,23,24). The number of amides is 1. The number of carbonyl (C=O) groups is 2. The van der Waals surface area contributed by atoms with E-state index in [1.54, 1.807) is 4.90 Å². The number of carboxylic acid groups (broad SMARTS) is 1. The van der Waals surface area contributed by atoms with E-state index in [2.05, 4.69) is 12.1 Å². The normalized spacial score (nSPS) is 20.2. The van der Waals surface area contributed by atoms with Crippen LogP contribution in [-0.2, 0) is 20.7 Å². The van der Waals surface area contributed by atoms with Crippen molar-refractivity contribution in [3.8, 4) is 0 Å². The fraction of sp³-hybridized carbons (Fsp3) is 0.600.